The molecule has 1 heterocycles. The van der Waals surface area contributed by atoms with Gasteiger partial charge < -0.3 is 10.6 Å². The summed E-state index contributed by atoms with van der Waals surface area (Å²) < 4.78 is 27.3. The lowest BCUT2D eigenvalue weighted by Crippen LogP contribution is -2.18. The van der Waals surface area contributed by atoms with Gasteiger partial charge in [0.25, 0.3) is 11.8 Å². The number of aryl methyl sites for hydroxylation is 1. The van der Waals surface area contributed by atoms with Crippen molar-refractivity contribution >= 4 is 23.2 Å². The van der Waals surface area contributed by atoms with Crippen molar-refractivity contribution in [3.63, 3.8) is 0 Å². The lowest BCUT2D eigenvalue weighted by molar-refractivity contribution is 0.101. The number of halogens is 2. The molecule has 0 bridgehead atoms. The molecule has 0 spiro atoms. The molecule has 3 aromatic rings. The number of aromatic nitrogens is 1. The first-order valence-electron chi connectivity index (χ1n) is 8.03. The van der Waals surface area contributed by atoms with Gasteiger partial charge in [-0.25, -0.2) is 8.78 Å². The van der Waals surface area contributed by atoms with E-state index in [1.807, 2.05) is 0 Å². The second-order valence-electron chi connectivity index (χ2n) is 5.78. The highest BCUT2D eigenvalue weighted by Crippen LogP contribution is 2.24. The van der Waals surface area contributed by atoms with Crippen molar-refractivity contribution in [1.29, 1.82) is 0 Å². The van der Waals surface area contributed by atoms with Crippen molar-refractivity contribution in [2.75, 3.05) is 10.6 Å². The predicted octanol–water partition coefficient (Wildman–Crippen LogP) is 4.17. The van der Waals surface area contributed by atoms with Crippen LogP contribution in [-0.2, 0) is 0 Å². The number of carbonyl (C=O) groups is 2. The molecule has 1 aromatic heterocycles. The van der Waals surface area contributed by atoms with E-state index in [1.165, 1.54) is 30.5 Å². The summed E-state index contributed by atoms with van der Waals surface area (Å²) in [5.74, 6) is -2.27. The number of nitrogens with zero attached hydrogens (tertiary/aromatic N) is 1. The molecule has 5 nitrogen and oxygen atoms in total. The first-order valence-corrected chi connectivity index (χ1v) is 8.03. The van der Waals surface area contributed by atoms with Gasteiger partial charge in [0.05, 0.1) is 11.4 Å². The van der Waals surface area contributed by atoms with Crippen molar-refractivity contribution in [3.8, 4) is 0 Å². The number of carbonyl (C=O) groups excluding carboxylic acids is 2. The van der Waals surface area contributed by atoms with Crippen LogP contribution in [0.5, 0.6) is 0 Å². The van der Waals surface area contributed by atoms with Crippen LogP contribution in [0.1, 0.15) is 26.4 Å². The topological polar surface area (TPSA) is 71.1 Å². The maximum absolute atomic E-state index is 13.7. The van der Waals surface area contributed by atoms with E-state index < -0.39 is 23.4 Å². The van der Waals surface area contributed by atoms with Gasteiger partial charge in [0.15, 0.2) is 0 Å². The van der Waals surface area contributed by atoms with Crippen LogP contribution in [0.4, 0.5) is 20.2 Å². The molecular weight excluding hydrogens is 352 g/mol. The van der Waals surface area contributed by atoms with Gasteiger partial charge >= 0.3 is 0 Å². The average molecular weight is 367 g/mol. The molecule has 0 saturated heterocycles. The molecule has 2 amide bonds. The number of anilines is 2. The van der Waals surface area contributed by atoms with Gasteiger partial charge in [-0.15, -0.1) is 0 Å². The highest BCUT2D eigenvalue weighted by atomic mass is 19.1. The van der Waals surface area contributed by atoms with Crippen LogP contribution in [0.15, 0.2) is 60.8 Å². The van der Waals surface area contributed by atoms with Crippen molar-refractivity contribution in [1.82, 2.24) is 4.98 Å². The predicted molar refractivity (Wildman–Crippen MR) is 97.7 cm³/mol. The molecule has 0 aliphatic carbocycles. The summed E-state index contributed by atoms with van der Waals surface area (Å²) in [6.45, 7) is 1.58. The molecule has 0 aliphatic rings. The van der Waals surface area contributed by atoms with Gasteiger partial charge in [-0.05, 0) is 55.0 Å². The van der Waals surface area contributed by atoms with Crippen LogP contribution in [0.2, 0.25) is 0 Å². The van der Waals surface area contributed by atoms with Gasteiger partial charge in [0.1, 0.15) is 17.3 Å². The number of pyridine rings is 1. The molecule has 2 aromatic carbocycles. The number of hydrogen-bond acceptors (Lipinski definition) is 3. The Labute approximate surface area is 154 Å². The van der Waals surface area contributed by atoms with Gasteiger partial charge in [-0.3, -0.25) is 14.6 Å². The molecule has 27 heavy (non-hydrogen) atoms. The lowest BCUT2D eigenvalue weighted by atomic mass is 10.1. The second kappa shape index (κ2) is 7.74. The summed E-state index contributed by atoms with van der Waals surface area (Å²) in [5.41, 5.74) is 0.878. The minimum absolute atomic E-state index is 0.0465. The Hall–Kier alpha value is -3.61. The zero-order valence-electron chi connectivity index (χ0n) is 14.3. The minimum atomic E-state index is -0.632. The van der Waals surface area contributed by atoms with E-state index in [9.17, 15) is 18.4 Å². The average Bonchev–Trinajstić information content (AvgIpc) is 2.66. The normalized spacial score (nSPS) is 10.3. The van der Waals surface area contributed by atoms with E-state index in [-0.39, 0.29) is 22.6 Å². The third-order valence-electron chi connectivity index (χ3n) is 3.81. The van der Waals surface area contributed by atoms with Crippen LogP contribution in [0, 0.1) is 18.6 Å². The molecule has 3 rings (SSSR count). The number of benzene rings is 2. The molecule has 0 atom stereocenters. The van der Waals surface area contributed by atoms with Crippen molar-refractivity contribution < 1.29 is 18.4 Å². The van der Waals surface area contributed by atoms with Crippen molar-refractivity contribution in [2.45, 2.75) is 6.92 Å². The Balaban J connectivity index is 1.84. The third-order valence-corrected chi connectivity index (χ3v) is 3.81. The monoisotopic (exact) mass is 367 g/mol. The van der Waals surface area contributed by atoms with Gasteiger partial charge in [0, 0.05) is 11.8 Å². The second-order valence-corrected chi connectivity index (χ2v) is 5.78. The van der Waals surface area contributed by atoms with E-state index in [2.05, 4.69) is 15.6 Å². The largest absolute Gasteiger partial charge is 0.320 e. The Morgan fingerprint density at radius 2 is 1.67 bits per heavy atom. The zero-order valence-corrected chi connectivity index (χ0v) is 14.3. The van der Waals surface area contributed by atoms with Crippen LogP contribution in [-0.4, -0.2) is 16.8 Å². The molecule has 0 aliphatic heterocycles. The highest BCUT2D eigenvalue weighted by Gasteiger charge is 2.14. The van der Waals surface area contributed by atoms with E-state index >= 15 is 0 Å². The Kier molecular flexibility index (Phi) is 5.21. The lowest BCUT2D eigenvalue weighted by Gasteiger charge is -2.13. The summed E-state index contributed by atoms with van der Waals surface area (Å²) in [5, 5.41) is 5.06. The fourth-order valence-corrected chi connectivity index (χ4v) is 2.34. The number of amides is 2. The van der Waals surface area contributed by atoms with E-state index in [0.717, 1.165) is 18.2 Å². The third kappa shape index (κ3) is 4.33. The summed E-state index contributed by atoms with van der Waals surface area (Å²) in [6.07, 6.45) is 1.47. The maximum atomic E-state index is 13.7. The Morgan fingerprint density at radius 1 is 0.889 bits per heavy atom. The van der Waals surface area contributed by atoms with Gasteiger partial charge in [-0.1, -0.05) is 12.1 Å². The van der Waals surface area contributed by atoms with E-state index in [0.29, 0.717) is 5.56 Å². The summed E-state index contributed by atoms with van der Waals surface area (Å²) >= 11 is 0. The number of nitrogens with one attached hydrogen (secondary N) is 2. The first kappa shape index (κ1) is 18.2. The standard InChI is InChI=1S/C20H15F2N3O2/c1-12-5-6-13(10-15(12)22)19(26)25-18-11-14(21)7-8-16(18)24-20(27)17-4-2-3-9-23-17/h2-11H,1H3,(H,24,27)(H,25,26). The molecule has 0 fully saturated rings. The quantitative estimate of drug-likeness (QED) is 0.727. The Morgan fingerprint density at radius 3 is 2.37 bits per heavy atom. The fourth-order valence-electron chi connectivity index (χ4n) is 2.34. The Bertz CT molecular complexity index is 1010. The van der Waals surface area contributed by atoms with Crippen molar-refractivity contribution in [3.05, 3.63) is 89.2 Å². The van der Waals surface area contributed by atoms with Crippen LogP contribution < -0.4 is 10.6 Å². The fraction of sp³-hybridized carbons (Fsp3) is 0.0500. The van der Waals surface area contributed by atoms with E-state index in [4.69, 9.17) is 0 Å². The summed E-state index contributed by atoms with van der Waals surface area (Å²) in [6, 6.07) is 12.4. The molecular formula is C20H15F2N3O2. The van der Waals surface area contributed by atoms with Crippen LogP contribution in [0.3, 0.4) is 0 Å². The zero-order chi connectivity index (χ0) is 19.4. The van der Waals surface area contributed by atoms with E-state index in [1.54, 1.807) is 19.1 Å². The number of hydrogen-bond donors (Lipinski definition) is 2. The smallest absolute Gasteiger partial charge is 0.274 e. The molecule has 136 valence electrons. The van der Waals surface area contributed by atoms with Gasteiger partial charge in [0.2, 0.25) is 0 Å². The van der Waals surface area contributed by atoms with Gasteiger partial charge in [-0.2, -0.15) is 0 Å². The minimum Gasteiger partial charge on any atom is -0.320 e. The molecule has 7 heteroatoms. The molecule has 0 unspecified atom stereocenters. The maximum Gasteiger partial charge on any atom is 0.274 e. The summed E-state index contributed by atoms with van der Waals surface area (Å²) in [4.78, 5) is 28.6. The van der Waals surface area contributed by atoms with Crippen molar-refractivity contribution in [2.24, 2.45) is 0 Å². The molecule has 0 radical (unpaired) electrons. The molecule has 0 saturated carbocycles. The summed E-state index contributed by atoms with van der Waals surface area (Å²) in [7, 11) is 0. The number of rotatable bonds is 4. The van der Waals surface area contributed by atoms with Crippen LogP contribution in [0.25, 0.3) is 0 Å². The highest BCUT2D eigenvalue weighted by molar-refractivity contribution is 6.09. The molecule has 2 N–H and O–H groups in total. The first-order chi connectivity index (χ1) is 12.9. The van der Waals surface area contributed by atoms with Crippen LogP contribution >= 0.6 is 0 Å². The SMILES string of the molecule is Cc1ccc(C(=O)Nc2cc(F)ccc2NC(=O)c2ccccn2)cc1F.